The minimum atomic E-state index is -0.476. The molecular formula is C21H23N3O2. The summed E-state index contributed by atoms with van der Waals surface area (Å²) in [4.78, 5) is 12.0. The summed E-state index contributed by atoms with van der Waals surface area (Å²) in [5, 5.41) is 10.6. The number of hydrogen-bond acceptors (Lipinski definition) is 4. The molecule has 0 bridgehead atoms. The molecule has 1 N–H and O–H groups in total. The predicted molar refractivity (Wildman–Crippen MR) is 102 cm³/mol. The summed E-state index contributed by atoms with van der Waals surface area (Å²) in [6.07, 6.45) is 0. The van der Waals surface area contributed by atoms with Crippen molar-refractivity contribution in [2.24, 2.45) is 0 Å². The number of carbonyl (C=O) groups is 1. The lowest BCUT2D eigenvalue weighted by atomic mass is 9.86. The van der Waals surface area contributed by atoms with Crippen molar-refractivity contribution < 1.29 is 9.53 Å². The monoisotopic (exact) mass is 349 g/mol. The van der Waals surface area contributed by atoms with E-state index >= 15 is 0 Å². The van der Waals surface area contributed by atoms with E-state index in [1.54, 1.807) is 6.92 Å². The van der Waals surface area contributed by atoms with E-state index < -0.39 is 5.97 Å². The van der Waals surface area contributed by atoms with Gasteiger partial charge in [0.2, 0.25) is 0 Å². The third-order valence-corrected chi connectivity index (χ3v) is 4.24. The van der Waals surface area contributed by atoms with Gasteiger partial charge in [0.15, 0.2) is 5.69 Å². The van der Waals surface area contributed by atoms with Crippen molar-refractivity contribution >= 4 is 5.97 Å². The molecule has 26 heavy (non-hydrogen) atoms. The van der Waals surface area contributed by atoms with Crippen molar-refractivity contribution in [3.8, 4) is 22.4 Å². The number of nitrogens with one attached hydrogen (secondary N) is 1. The van der Waals surface area contributed by atoms with Crippen LogP contribution in [0.2, 0.25) is 0 Å². The molecule has 0 saturated heterocycles. The molecule has 3 rings (SSSR count). The third kappa shape index (κ3) is 3.67. The summed E-state index contributed by atoms with van der Waals surface area (Å²) in [6, 6.07) is 16.5. The SMILES string of the molecule is CCOC(=O)c1n[nH]nc1-c1cccc(-c2ccc(C(C)(C)C)cc2)c1. The zero-order valence-electron chi connectivity index (χ0n) is 15.5. The number of esters is 1. The first-order chi connectivity index (χ1) is 12.4. The maximum absolute atomic E-state index is 12.0. The Morgan fingerprint density at radius 3 is 2.35 bits per heavy atom. The second-order valence-corrected chi connectivity index (χ2v) is 7.15. The Balaban J connectivity index is 1.95. The van der Waals surface area contributed by atoms with E-state index in [4.69, 9.17) is 4.74 Å². The van der Waals surface area contributed by atoms with Crippen LogP contribution >= 0.6 is 0 Å². The molecule has 5 heteroatoms. The molecule has 134 valence electrons. The fraction of sp³-hybridized carbons (Fsp3) is 0.286. The Kier molecular flexibility index (Phi) is 4.89. The fourth-order valence-electron chi connectivity index (χ4n) is 2.78. The molecule has 0 fully saturated rings. The van der Waals surface area contributed by atoms with E-state index in [0.29, 0.717) is 12.3 Å². The topological polar surface area (TPSA) is 67.9 Å². The summed E-state index contributed by atoms with van der Waals surface area (Å²) < 4.78 is 5.05. The number of rotatable bonds is 4. The molecule has 5 nitrogen and oxygen atoms in total. The van der Waals surface area contributed by atoms with Crippen LogP contribution in [0.1, 0.15) is 43.7 Å². The Bertz CT molecular complexity index is 906. The molecule has 2 aromatic carbocycles. The van der Waals surface area contributed by atoms with Crippen LogP contribution in [0.25, 0.3) is 22.4 Å². The highest BCUT2D eigenvalue weighted by Gasteiger charge is 2.19. The van der Waals surface area contributed by atoms with Gasteiger partial charge in [-0.15, -0.1) is 5.10 Å². The Morgan fingerprint density at radius 1 is 1.00 bits per heavy atom. The number of H-pyrrole nitrogens is 1. The molecule has 0 aliphatic heterocycles. The molecule has 0 saturated carbocycles. The average Bonchev–Trinajstić information content (AvgIpc) is 3.11. The van der Waals surface area contributed by atoms with Gasteiger partial charge in [0.1, 0.15) is 5.69 Å². The van der Waals surface area contributed by atoms with Crippen LogP contribution in [-0.2, 0) is 10.2 Å². The van der Waals surface area contributed by atoms with Crippen LogP contribution in [0.3, 0.4) is 0 Å². The molecule has 1 heterocycles. The van der Waals surface area contributed by atoms with Gasteiger partial charge >= 0.3 is 5.97 Å². The second kappa shape index (κ2) is 7.12. The molecule has 0 aliphatic carbocycles. The summed E-state index contributed by atoms with van der Waals surface area (Å²) >= 11 is 0. The van der Waals surface area contributed by atoms with E-state index in [-0.39, 0.29) is 11.1 Å². The van der Waals surface area contributed by atoms with Crippen molar-refractivity contribution in [3.05, 3.63) is 59.8 Å². The van der Waals surface area contributed by atoms with Crippen LogP contribution < -0.4 is 0 Å². The standard InChI is InChI=1S/C21H23N3O2/c1-5-26-20(25)19-18(22-24-23-19)16-8-6-7-15(13-16)14-9-11-17(12-10-14)21(2,3)4/h6-13H,5H2,1-4H3,(H,22,23,24). The quantitative estimate of drug-likeness (QED) is 0.698. The van der Waals surface area contributed by atoms with Crippen LogP contribution in [-0.4, -0.2) is 28.0 Å². The minimum absolute atomic E-state index is 0.121. The van der Waals surface area contributed by atoms with Crippen LogP contribution in [0.4, 0.5) is 0 Å². The van der Waals surface area contributed by atoms with Crippen molar-refractivity contribution in [2.75, 3.05) is 6.61 Å². The molecule has 0 spiro atoms. The zero-order valence-corrected chi connectivity index (χ0v) is 15.5. The van der Waals surface area contributed by atoms with Gasteiger partial charge in [-0.1, -0.05) is 63.2 Å². The molecule has 3 aromatic rings. The Hall–Kier alpha value is -2.95. The maximum atomic E-state index is 12.0. The number of carbonyl (C=O) groups excluding carboxylic acids is 1. The number of aromatic nitrogens is 3. The van der Waals surface area contributed by atoms with Crippen LogP contribution in [0, 0.1) is 0 Å². The molecule has 0 radical (unpaired) electrons. The maximum Gasteiger partial charge on any atom is 0.361 e. The van der Waals surface area contributed by atoms with Gasteiger partial charge in [-0.05, 0) is 35.1 Å². The van der Waals surface area contributed by atoms with Crippen LogP contribution in [0.15, 0.2) is 48.5 Å². The molecule has 0 aliphatic rings. The largest absolute Gasteiger partial charge is 0.461 e. The van der Waals surface area contributed by atoms with Gasteiger partial charge in [0.25, 0.3) is 0 Å². The van der Waals surface area contributed by atoms with Gasteiger partial charge in [0, 0.05) is 5.56 Å². The average molecular weight is 349 g/mol. The molecule has 1 aromatic heterocycles. The molecule has 0 unspecified atom stereocenters. The van der Waals surface area contributed by atoms with Gasteiger partial charge < -0.3 is 4.74 Å². The van der Waals surface area contributed by atoms with Crippen molar-refractivity contribution in [1.82, 2.24) is 15.4 Å². The number of aromatic amines is 1. The van der Waals surface area contributed by atoms with E-state index in [9.17, 15) is 4.79 Å². The van der Waals surface area contributed by atoms with Gasteiger partial charge in [-0.3, -0.25) is 0 Å². The first kappa shape index (κ1) is 17.9. The van der Waals surface area contributed by atoms with E-state index in [0.717, 1.165) is 16.7 Å². The summed E-state index contributed by atoms with van der Waals surface area (Å²) in [7, 11) is 0. The van der Waals surface area contributed by atoms with Crippen molar-refractivity contribution in [1.29, 1.82) is 0 Å². The smallest absolute Gasteiger partial charge is 0.361 e. The summed E-state index contributed by atoms with van der Waals surface area (Å²) in [6.45, 7) is 8.66. The van der Waals surface area contributed by atoms with Gasteiger partial charge in [-0.25, -0.2) is 4.79 Å². The third-order valence-electron chi connectivity index (χ3n) is 4.24. The highest BCUT2D eigenvalue weighted by Crippen LogP contribution is 2.29. The molecule has 0 atom stereocenters. The molecule has 0 amide bonds. The highest BCUT2D eigenvalue weighted by molar-refractivity contribution is 5.94. The van der Waals surface area contributed by atoms with Crippen LogP contribution in [0.5, 0.6) is 0 Å². The number of benzene rings is 2. The number of hydrogen-bond donors (Lipinski definition) is 1. The lowest BCUT2D eigenvalue weighted by Gasteiger charge is -2.19. The first-order valence-electron chi connectivity index (χ1n) is 8.69. The van der Waals surface area contributed by atoms with E-state index in [1.807, 2.05) is 24.3 Å². The zero-order chi connectivity index (χ0) is 18.7. The normalized spacial score (nSPS) is 11.4. The van der Waals surface area contributed by atoms with Gasteiger partial charge in [0.05, 0.1) is 6.61 Å². The highest BCUT2D eigenvalue weighted by atomic mass is 16.5. The predicted octanol–water partition coefficient (Wildman–Crippen LogP) is 4.61. The lowest BCUT2D eigenvalue weighted by Crippen LogP contribution is -2.10. The Labute approximate surface area is 153 Å². The second-order valence-electron chi connectivity index (χ2n) is 7.15. The first-order valence-corrected chi connectivity index (χ1v) is 8.69. The van der Waals surface area contributed by atoms with E-state index in [2.05, 4.69) is 60.4 Å². The Morgan fingerprint density at radius 2 is 1.69 bits per heavy atom. The molecular weight excluding hydrogens is 326 g/mol. The van der Waals surface area contributed by atoms with E-state index in [1.165, 1.54) is 5.56 Å². The number of ether oxygens (including phenoxy) is 1. The summed E-state index contributed by atoms with van der Waals surface area (Å²) in [5.41, 5.74) is 5.10. The minimum Gasteiger partial charge on any atom is -0.461 e. The lowest BCUT2D eigenvalue weighted by molar-refractivity contribution is 0.0520. The van der Waals surface area contributed by atoms with Gasteiger partial charge in [-0.2, -0.15) is 10.3 Å². The van der Waals surface area contributed by atoms with Crippen molar-refractivity contribution in [2.45, 2.75) is 33.1 Å². The van der Waals surface area contributed by atoms with Crippen molar-refractivity contribution in [3.63, 3.8) is 0 Å². The fourth-order valence-corrected chi connectivity index (χ4v) is 2.78. The number of nitrogens with zero attached hydrogens (tertiary/aromatic N) is 2. The summed E-state index contributed by atoms with van der Waals surface area (Å²) in [5.74, 6) is -0.476.